The molecule has 3 rings (SSSR count). The van der Waals surface area contributed by atoms with E-state index < -0.39 is 10.0 Å². The van der Waals surface area contributed by atoms with Gasteiger partial charge in [0.25, 0.3) is 5.91 Å². The Morgan fingerprint density at radius 2 is 2.08 bits per heavy atom. The lowest BCUT2D eigenvalue weighted by Crippen LogP contribution is -2.22. The number of pyridine rings is 1. The van der Waals surface area contributed by atoms with Gasteiger partial charge in [-0.3, -0.25) is 9.78 Å². The minimum atomic E-state index is -3.32. The third kappa shape index (κ3) is 3.79. The Labute approximate surface area is 139 Å². The molecule has 3 aromatic rings. The molecule has 8 heteroatoms. The van der Waals surface area contributed by atoms with E-state index in [2.05, 4.69) is 20.0 Å². The van der Waals surface area contributed by atoms with Crippen LogP contribution in [0, 0.1) is 0 Å². The van der Waals surface area contributed by atoms with Gasteiger partial charge in [-0.15, -0.1) is 0 Å². The first-order valence-corrected chi connectivity index (χ1v) is 9.08. The molecule has 2 heterocycles. The normalized spacial score (nSPS) is 11.5. The van der Waals surface area contributed by atoms with E-state index in [0.29, 0.717) is 16.9 Å². The van der Waals surface area contributed by atoms with Crippen molar-refractivity contribution >= 4 is 32.5 Å². The summed E-state index contributed by atoms with van der Waals surface area (Å²) in [6, 6.07) is 10.7. The summed E-state index contributed by atoms with van der Waals surface area (Å²) >= 11 is 0. The van der Waals surface area contributed by atoms with Crippen molar-refractivity contribution in [3.8, 4) is 0 Å². The number of rotatable bonds is 5. The van der Waals surface area contributed by atoms with Crippen LogP contribution in [0.1, 0.15) is 16.1 Å². The highest BCUT2D eigenvalue weighted by atomic mass is 32.2. The van der Waals surface area contributed by atoms with Gasteiger partial charge in [0.1, 0.15) is 0 Å². The fourth-order valence-electron chi connectivity index (χ4n) is 2.30. The van der Waals surface area contributed by atoms with Crippen LogP contribution in [0.3, 0.4) is 0 Å². The van der Waals surface area contributed by atoms with Gasteiger partial charge in [-0.05, 0) is 24.3 Å². The number of aromatic nitrogens is 2. The van der Waals surface area contributed by atoms with Crippen molar-refractivity contribution in [3.63, 3.8) is 0 Å². The molecule has 0 bridgehead atoms. The van der Waals surface area contributed by atoms with Gasteiger partial charge < -0.3 is 10.3 Å². The van der Waals surface area contributed by atoms with Crippen LogP contribution in [0.2, 0.25) is 0 Å². The number of para-hydroxylation sites is 1. The Kier molecular flexibility index (Phi) is 4.32. The van der Waals surface area contributed by atoms with Gasteiger partial charge >= 0.3 is 0 Å². The van der Waals surface area contributed by atoms with Crippen molar-refractivity contribution in [1.29, 1.82) is 0 Å². The van der Waals surface area contributed by atoms with Gasteiger partial charge in [-0.1, -0.05) is 12.1 Å². The molecule has 1 aromatic carbocycles. The van der Waals surface area contributed by atoms with Crippen LogP contribution < -0.4 is 10.0 Å². The van der Waals surface area contributed by atoms with Gasteiger partial charge in [0.2, 0.25) is 10.0 Å². The maximum Gasteiger partial charge on any atom is 0.255 e. The minimum Gasteiger partial charge on any atom is -0.359 e. The van der Waals surface area contributed by atoms with E-state index in [-0.39, 0.29) is 12.5 Å². The highest BCUT2D eigenvalue weighted by molar-refractivity contribution is 7.88. The Hall–Kier alpha value is -2.71. The number of fused-ring (bicyclic) bond motifs is 1. The SMILES string of the molecule is CS(=O)(=O)NCc1cc(C(=O)Nc2cccc3cc[nH]c23)ccn1. The number of H-pyrrole nitrogens is 1. The maximum absolute atomic E-state index is 12.4. The van der Waals surface area contributed by atoms with Crippen LogP contribution in [0.4, 0.5) is 5.69 Å². The van der Waals surface area contributed by atoms with Gasteiger partial charge in [0, 0.05) is 23.3 Å². The van der Waals surface area contributed by atoms with Crippen molar-refractivity contribution in [1.82, 2.24) is 14.7 Å². The van der Waals surface area contributed by atoms with E-state index in [1.54, 1.807) is 12.1 Å². The van der Waals surface area contributed by atoms with Crippen molar-refractivity contribution < 1.29 is 13.2 Å². The molecule has 124 valence electrons. The van der Waals surface area contributed by atoms with Crippen LogP contribution in [-0.2, 0) is 16.6 Å². The summed E-state index contributed by atoms with van der Waals surface area (Å²) in [6.07, 6.45) is 4.35. The third-order valence-electron chi connectivity index (χ3n) is 3.43. The second-order valence-corrected chi connectivity index (χ2v) is 7.16. The van der Waals surface area contributed by atoms with Crippen molar-refractivity contribution in [3.05, 3.63) is 60.0 Å². The van der Waals surface area contributed by atoms with Crippen molar-refractivity contribution in [2.24, 2.45) is 0 Å². The number of carbonyl (C=O) groups is 1. The van der Waals surface area contributed by atoms with Gasteiger partial charge in [-0.25, -0.2) is 13.1 Å². The summed E-state index contributed by atoms with van der Waals surface area (Å²) in [6.45, 7) is 0.0339. The smallest absolute Gasteiger partial charge is 0.255 e. The Morgan fingerprint density at radius 1 is 1.25 bits per heavy atom. The summed E-state index contributed by atoms with van der Waals surface area (Å²) in [5, 5.41) is 3.85. The molecule has 1 amide bonds. The Balaban J connectivity index is 1.79. The van der Waals surface area contributed by atoms with Crippen molar-refractivity contribution in [2.75, 3.05) is 11.6 Å². The van der Waals surface area contributed by atoms with E-state index in [0.717, 1.165) is 17.2 Å². The van der Waals surface area contributed by atoms with Gasteiger partial charge in [0.05, 0.1) is 29.7 Å². The van der Waals surface area contributed by atoms with E-state index in [1.807, 2.05) is 30.5 Å². The minimum absolute atomic E-state index is 0.0339. The Bertz CT molecular complexity index is 995. The predicted octanol–water partition coefficient (Wildman–Crippen LogP) is 1.86. The molecule has 0 saturated carbocycles. The van der Waals surface area contributed by atoms with Gasteiger partial charge in [0.15, 0.2) is 0 Å². The van der Waals surface area contributed by atoms with Crippen LogP contribution in [0.15, 0.2) is 48.8 Å². The van der Waals surface area contributed by atoms with E-state index >= 15 is 0 Å². The number of amides is 1. The Morgan fingerprint density at radius 3 is 2.88 bits per heavy atom. The number of anilines is 1. The molecular formula is C16H16N4O3S. The second-order valence-electron chi connectivity index (χ2n) is 5.33. The highest BCUT2D eigenvalue weighted by Crippen LogP contribution is 2.22. The molecule has 24 heavy (non-hydrogen) atoms. The molecule has 0 fully saturated rings. The lowest BCUT2D eigenvalue weighted by Gasteiger charge is -2.08. The lowest BCUT2D eigenvalue weighted by atomic mass is 10.2. The van der Waals surface area contributed by atoms with Crippen LogP contribution in [-0.4, -0.2) is 30.5 Å². The zero-order chi connectivity index (χ0) is 17.2. The maximum atomic E-state index is 12.4. The summed E-state index contributed by atoms with van der Waals surface area (Å²) in [5.41, 5.74) is 2.39. The number of carbonyl (C=O) groups excluding carboxylic acids is 1. The first-order chi connectivity index (χ1) is 11.4. The zero-order valence-corrected chi connectivity index (χ0v) is 13.7. The highest BCUT2D eigenvalue weighted by Gasteiger charge is 2.10. The number of nitrogens with one attached hydrogen (secondary N) is 3. The molecule has 0 aliphatic heterocycles. The molecular weight excluding hydrogens is 328 g/mol. The molecule has 0 radical (unpaired) electrons. The van der Waals surface area contributed by atoms with E-state index in [9.17, 15) is 13.2 Å². The number of aromatic amines is 1. The first-order valence-electron chi connectivity index (χ1n) is 7.19. The van der Waals surface area contributed by atoms with Crippen molar-refractivity contribution in [2.45, 2.75) is 6.54 Å². The standard InChI is InChI=1S/C16H16N4O3S/c1-24(22,23)19-10-13-9-12(6-7-17-13)16(21)20-14-4-2-3-11-5-8-18-15(11)14/h2-9,18-19H,10H2,1H3,(H,20,21). The average Bonchev–Trinajstić information content (AvgIpc) is 3.02. The number of hydrogen-bond acceptors (Lipinski definition) is 4. The molecule has 0 unspecified atom stereocenters. The molecule has 0 spiro atoms. The fraction of sp³-hybridized carbons (Fsp3) is 0.125. The van der Waals surface area contributed by atoms with Crippen LogP contribution >= 0.6 is 0 Å². The summed E-state index contributed by atoms with van der Waals surface area (Å²) in [4.78, 5) is 19.6. The topological polar surface area (TPSA) is 104 Å². The number of hydrogen-bond donors (Lipinski definition) is 3. The second kappa shape index (κ2) is 6.42. The summed E-state index contributed by atoms with van der Waals surface area (Å²) in [5.74, 6) is -0.292. The zero-order valence-electron chi connectivity index (χ0n) is 12.9. The summed E-state index contributed by atoms with van der Waals surface area (Å²) < 4.78 is 24.6. The van der Waals surface area contributed by atoms with Crippen LogP contribution in [0.25, 0.3) is 10.9 Å². The number of sulfonamides is 1. The number of nitrogens with zero attached hydrogens (tertiary/aromatic N) is 1. The molecule has 7 nitrogen and oxygen atoms in total. The quantitative estimate of drug-likeness (QED) is 0.657. The molecule has 3 N–H and O–H groups in total. The van der Waals surface area contributed by atoms with E-state index in [4.69, 9.17) is 0 Å². The third-order valence-corrected chi connectivity index (χ3v) is 4.10. The molecule has 0 aliphatic carbocycles. The number of benzene rings is 1. The van der Waals surface area contributed by atoms with Crippen LogP contribution in [0.5, 0.6) is 0 Å². The van der Waals surface area contributed by atoms with E-state index in [1.165, 1.54) is 6.20 Å². The predicted molar refractivity (Wildman–Crippen MR) is 92.2 cm³/mol. The molecule has 0 aliphatic rings. The molecule has 0 saturated heterocycles. The largest absolute Gasteiger partial charge is 0.359 e. The van der Waals surface area contributed by atoms with Gasteiger partial charge in [-0.2, -0.15) is 0 Å². The first kappa shape index (κ1) is 16.2. The summed E-state index contributed by atoms with van der Waals surface area (Å²) in [7, 11) is -3.32. The monoisotopic (exact) mass is 344 g/mol. The molecule has 0 atom stereocenters. The fourth-order valence-corrected chi connectivity index (χ4v) is 2.71. The molecule has 2 aromatic heterocycles. The lowest BCUT2D eigenvalue weighted by molar-refractivity contribution is 0.102. The average molecular weight is 344 g/mol.